The van der Waals surface area contributed by atoms with Gasteiger partial charge >= 0.3 is 0 Å². The van der Waals surface area contributed by atoms with E-state index in [1.54, 1.807) is 0 Å². The Morgan fingerprint density at radius 2 is 1.36 bits per heavy atom. The maximum atomic E-state index is 2.36. The Bertz CT molecular complexity index is 748. The van der Waals surface area contributed by atoms with Gasteiger partial charge in [0.2, 0.25) is 0 Å². The fourth-order valence-electron chi connectivity index (χ4n) is 3.07. The van der Waals surface area contributed by atoms with Crippen molar-refractivity contribution >= 4 is 6.08 Å². The van der Waals surface area contributed by atoms with E-state index < -0.39 is 0 Å². The molecule has 0 atom stereocenters. The first-order valence-corrected chi connectivity index (χ1v) is 9.46. The minimum atomic E-state index is 0.163. The first-order valence-electron chi connectivity index (χ1n) is 9.46. The Morgan fingerprint density at radius 3 is 1.88 bits per heavy atom. The van der Waals surface area contributed by atoms with E-state index in [0.717, 1.165) is 0 Å². The highest BCUT2D eigenvalue weighted by Crippen LogP contribution is 2.33. The van der Waals surface area contributed by atoms with Crippen molar-refractivity contribution in [1.82, 2.24) is 0 Å². The van der Waals surface area contributed by atoms with Crippen LogP contribution in [0.15, 0.2) is 35.9 Å². The highest BCUT2D eigenvalue weighted by Gasteiger charge is 2.16. The summed E-state index contributed by atoms with van der Waals surface area (Å²) >= 11 is 0. The average Bonchev–Trinajstić information content (AvgIpc) is 2.50. The van der Waals surface area contributed by atoms with Gasteiger partial charge in [-0.15, -0.1) is 0 Å². The molecule has 136 valence electrons. The van der Waals surface area contributed by atoms with Crippen LogP contribution in [0.3, 0.4) is 0 Å². The van der Waals surface area contributed by atoms with Crippen molar-refractivity contribution in [3.05, 3.63) is 63.7 Å². The third-order valence-electron chi connectivity index (χ3n) is 4.22. The number of benzene rings is 2. The molecule has 25 heavy (non-hydrogen) atoms. The molecule has 0 fully saturated rings. The lowest BCUT2D eigenvalue weighted by Gasteiger charge is -2.22. The molecule has 0 saturated heterocycles. The highest BCUT2D eigenvalue weighted by molar-refractivity contribution is 5.79. The molecule has 0 aromatic heterocycles. The fourth-order valence-corrected chi connectivity index (χ4v) is 3.07. The van der Waals surface area contributed by atoms with Crippen LogP contribution in [0.1, 0.15) is 76.3 Å². The number of hydrogen-bond acceptors (Lipinski definition) is 0. The molecule has 0 radical (unpaired) electrons. The number of rotatable bonds is 2. The van der Waals surface area contributed by atoms with E-state index in [9.17, 15) is 0 Å². The Labute approximate surface area is 156 Å². The molecule has 0 aliphatic carbocycles. The summed E-state index contributed by atoms with van der Waals surface area (Å²) < 4.78 is 0. The van der Waals surface area contributed by atoms with Crippen molar-refractivity contribution < 1.29 is 0 Å². The number of allylic oxidation sites excluding steroid dienone is 1. The lowest BCUT2D eigenvalue weighted by atomic mass is 9.83. The summed E-state index contributed by atoms with van der Waals surface area (Å²) in [7, 11) is 0. The van der Waals surface area contributed by atoms with Crippen LogP contribution in [0.4, 0.5) is 0 Å². The third kappa shape index (κ3) is 5.59. The standard InChI is InChI=1S/C23H30.C2H6/c1-15(2)9-21-18(5)10-16(3)13-22(21)19-11-17(4)12-20(14-19)23(6,7)8;1-2/h9-14H,1-8H3;1-2H3. The molecule has 0 nitrogen and oxygen atoms in total. The van der Waals surface area contributed by atoms with Crippen molar-refractivity contribution in [3.8, 4) is 11.1 Å². The fraction of sp³-hybridized carbons (Fsp3) is 0.440. The summed E-state index contributed by atoms with van der Waals surface area (Å²) in [6.07, 6.45) is 2.31. The Hall–Kier alpha value is -1.82. The van der Waals surface area contributed by atoms with E-state index in [-0.39, 0.29) is 5.41 Å². The van der Waals surface area contributed by atoms with Crippen molar-refractivity contribution in [2.24, 2.45) is 0 Å². The molecule has 2 rings (SSSR count). The molecule has 0 amide bonds. The van der Waals surface area contributed by atoms with Crippen LogP contribution in [-0.2, 0) is 5.41 Å². The van der Waals surface area contributed by atoms with Gasteiger partial charge in [0.15, 0.2) is 0 Å². The smallest absolute Gasteiger partial charge is 0.0106 e. The second-order valence-electron chi connectivity index (χ2n) is 8.10. The maximum absolute atomic E-state index is 2.36. The summed E-state index contributed by atoms with van der Waals surface area (Å²) in [5, 5.41) is 0. The van der Waals surface area contributed by atoms with Crippen LogP contribution in [0.5, 0.6) is 0 Å². The molecule has 0 saturated carbocycles. The third-order valence-corrected chi connectivity index (χ3v) is 4.22. The van der Waals surface area contributed by atoms with Crippen LogP contribution >= 0.6 is 0 Å². The molecule has 0 heterocycles. The zero-order valence-corrected chi connectivity index (χ0v) is 18.0. The minimum Gasteiger partial charge on any atom is -0.0758 e. The average molecular weight is 337 g/mol. The summed E-state index contributed by atoms with van der Waals surface area (Å²) in [6, 6.07) is 11.6. The van der Waals surface area contributed by atoms with Crippen LogP contribution in [0.2, 0.25) is 0 Å². The molecule has 0 aliphatic rings. The van der Waals surface area contributed by atoms with E-state index in [1.165, 1.54) is 44.5 Å². The molecule has 2 aromatic carbocycles. The van der Waals surface area contributed by atoms with Gasteiger partial charge in [0.1, 0.15) is 0 Å². The van der Waals surface area contributed by atoms with Crippen LogP contribution in [0, 0.1) is 20.8 Å². The SMILES string of the molecule is CC.CC(C)=Cc1c(C)cc(C)cc1-c1cc(C)cc(C(C)(C)C)c1. The Balaban J connectivity index is 0.00000151. The first-order chi connectivity index (χ1) is 11.6. The Morgan fingerprint density at radius 1 is 0.800 bits per heavy atom. The normalized spacial score (nSPS) is 10.8. The van der Waals surface area contributed by atoms with E-state index in [4.69, 9.17) is 0 Å². The quantitative estimate of drug-likeness (QED) is 0.520. The summed E-state index contributed by atoms with van der Waals surface area (Å²) in [5.41, 5.74) is 10.9. The predicted molar refractivity (Wildman–Crippen MR) is 115 cm³/mol. The minimum absolute atomic E-state index is 0.163. The zero-order valence-electron chi connectivity index (χ0n) is 18.0. The van der Waals surface area contributed by atoms with Crippen molar-refractivity contribution in [2.75, 3.05) is 0 Å². The number of hydrogen-bond donors (Lipinski definition) is 0. The van der Waals surface area contributed by atoms with Crippen molar-refractivity contribution in [1.29, 1.82) is 0 Å². The van der Waals surface area contributed by atoms with E-state index in [2.05, 4.69) is 91.8 Å². The molecular formula is C25H36. The summed E-state index contributed by atoms with van der Waals surface area (Å²) in [4.78, 5) is 0. The van der Waals surface area contributed by atoms with Gasteiger partial charge in [-0.2, -0.15) is 0 Å². The van der Waals surface area contributed by atoms with Gasteiger partial charge in [0, 0.05) is 0 Å². The molecule has 0 heteroatoms. The zero-order chi connectivity index (χ0) is 19.4. The first kappa shape index (κ1) is 21.2. The van der Waals surface area contributed by atoms with E-state index in [0.29, 0.717) is 0 Å². The van der Waals surface area contributed by atoms with Gasteiger partial charge in [-0.1, -0.05) is 87.7 Å². The molecule has 0 bridgehead atoms. The van der Waals surface area contributed by atoms with Gasteiger partial charge in [-0.25, -0.2) is 0 Å². The van der Waals surface area contributed by atoms with Gasteiger partial charge in [0.25, 0.3) is 0 Å². The van der Waals surface area contributed by atoms with Crippen molar-refractivity contribution in [2.45, 2.75) is 74.7 Å². The molecule has 2 aromatic rings. The van der Waals surface area contributed by atoms with Crippen LogP contribution in [-0.4, -0.2) is 0 Å². The molecule has 0 spiro atoms. The summed E-state index contributed by atoms with van der Waals surface area (Å²) in [6.45, 7) is 21.8. The highest BCUT2D eigenvalue weighted by atomic mass is 14.2. The predicted octanol–water partition coefficient (Wildman–Crippen LogP) is 8.03. The molecule has 0 N–H and O–H groups in total. The maximum Gasteiger partial charge on any atom is -0.0106 e. The number of aryl methyl sites for hydroxylation is 3. The van der Waals surface area contributed by atoms with E-state index in [1.807, 2.05) is 13.8 Å². The van der Waals surface area contributed by atoms with Gasteiger partial charge in [-0.05, 0) is 67.9 Å². The van der Waals surface area contributed by atoms with Crippen LogP contribution < -0.4 is 0 Å². The molecule has 0 unspecified atom stereocenters. The summed E-state index contributed by atoms with van der Waals surface area (Å²) in [5.74, 6) is 0. The lowest BCUT2D eigenvalue weighted by molar-refractivity contribution is 0.590. The van der Waals surface area contributed by atoms with Crippen LogP contribution in [0.25, 0.3) is 17.2 Å². The second-order valence-corrected chi connectivity index (χ2v) is 8.10. The molecule has 0 aliphatic heterocycles. The van der Waals surface area contributed by atoms with E-state index >= 15 is 0 Å². The van der Waals surface area contributed by atoms with Crippen molar-refractivity contribution in [3.63, 3.8) is 0 Å². The van der Waals surface area contributed by atoms with Gasteiger partial charge < -0.3 is 0 Å². The lowest BCUT2D eigenvalue weighted by Crippen LogP contribution is -2.11. The van der Waals surface area contributed by atoms with Gasteiger partial charge in [0.05, 0.1) is 0 Å². The topological polar surface area (TPSA) is 0 Å². The monoisotopic (exact) mass is 336 g/mol. The molecular weight excluding hydrogens is 300 g/mol. The second kappa shape index (κ2) is 8.52. The largest absolute Gasteiger partial charge is 0.0758 e. The Kier molecular flexibility index (Phi) is 7.23. The van der Waals surface area contributed by atoms with Gasteiger partial charge in [-0.3, -0.25) is 0 Å².